The smallest absolute Gasteiger partial charge is 0.339 e. The molecular weight excluding hydrogens is 416 g/mol. The summed E-state index contributed by atoms with van der Waals surface area (Å²) in [5.41, 5.74) is 0.243. The van der Waals surface area contributed by atoms with E-state index >= 15 is 0 Å². The zero-order valence-corrected chi connectivity index (χ0v) is 17.3. The van der Waals surface area contributed by atoms with Crippen molar-refractivity contribution in [2.24, 2.45) is 0 Å². The molecule has 0 radical (unpaired) electrons. The second-order valence-corrected chi connectivity index (χ2v) is 6.62. The number of methoxy groups -OCH3 is 1. The third-order valence-electron chi connectivity index (χ3n) is 4.36. The Bertz CT molecular complexity index is 1130. The summed E-state index contributed by atoms with van der Waals surface area (Å²) >= 11 is 0. The second-order valence-electron chi connectivity index (χ2n) is 6.62. The molecule has 3 aromatic rings. The van der Waals surface area contributed by atoms with Crippen LogP contribution in [0, 0.1) is 10.1 Å². The van der Waals surface area contributed by atoms with E-state index in [1.807, 2.05) is 18.2 Å². The first kappa shape index (κ1) is 22.3. The van der Waals surface area contributed by atoms with Gasteiger partial charge in [-0.05, 0) is 43.3 Å². The van der Waals surface area contributed by atoms with Gasteiger partial charge in [-0.25, -0.2) is 4.79 Å². The fourth-order valence-electron chi connectivity index (χ4n) is 2.72. The average molecular weight is 436 g/mol. The number of para-hydroxylation sites is 1. The van der Waals surface area contributed by atoms with E-state index in [1.54, 1.807) is 30.3 Å². The monoisotopic (exact) mass is 436 g/mol. The fraction of sp³-hybridized carbons (Fsp3) is 0.130. The minimum absolute atomic E-state index is 0.108. The molecule has 164 valence electrons. The van der Waals surface area contributed by atoms with E-state index < -0.39 is 22.9 Å². The van der Waals surface area contributed by atoms with Crippen LogP contribution >= 0.6 is 0 Å². The molecule has 32 heavy (non-hydrogen) atoms. The topological polar surface area (TPSA) is 117 Å². The first-order chi connectivity index (χ1) is 15.4. The minimum Gasteiger partial charge on any atom is -0.494 e. The lowest BCUT2D eigenvalue weighted by Gasteiger charge is -2.15. The van der Waals surface area contributed by atoms with Gasteiger partial charge in [0.25, 0.3) is 11.6 Å². The fourth-order valence-corrected chi connectivity index (χ4v) is 2.72. The molecule has 3 aromatic carbocycles. The van der Waals surface area contributed by atoms with Crippen LogP contribution in [0.2, 0.25) is 0 Å². The van der Waals surface area contributed by atoms with Gasteiger partial charge in [-0.15, -0.1) is 0 Å². The van der Waals surface area contributed by atoms with Crippen LogP contribution in [0.3, 0.4) is 0 Å². The first-order valence-corrected chi connectivity index (χ1v) is 9.54. The number of hydrogen-bond donors (Lipinski definition) is 1. The van der Waals surface area contributed by atoms with Gasteiger partial charge in [0.2, 0.25) is 0 Å². The van der Waals surface area contributed by atoms with Gasteiger partial charge in [0, 0.05) is 6.07 Å². The Morgan fingerprint density at radius 2 is 1.69 bits per heavy atom. The lowest BCUT2D eigenvalue weighted by Crippen LogP contribution is -2.30. The molecule has 0 unspecified atom stereocenters. The Morgan fingerprint density at radius 1 is 0.969 bits per heavy atom. The van der Waals surface area contributed by atoms with Gasteiger partial charge in [-0.2, -0.15) is 0 Å². The third-order valence-corrected chi connectivity index (χ3v) is 4.36. The Labute approximate surface area is 183 Å². The van der Waals surface area contributed by atoms with Crippen molar-refractivity contribution in [3.05, 3.63) is 88.5 Å². The standard InChI is InChI=1S/C23H20N2O7/c1-15(22(26)24-20-12-11-17(25(28)29)14-21(20)30-2)31-23(27)16-7-6-10-19(13-16)32-18-8-4-3-5-9-18/h3-15H,1-2H3,(H,24,26)/t15-/m1/s1. The molecule has 0 aliphatic carbocycles. The molecule has 9 heteroatoms. The quantitative estimate of drug-likeness (QED) is 0.312. The van der Waals surface area contributed by atoms with Crippen molar-refractivity contribution < 1.29 is 28.7 Å². The van der Waals surface area contributed by atoms with Gasteiger partial charge in [0.05, 0.1) is 29.4 Å². The van der Waals surface area contributed by atoms with Crippen molar-refractivity contribution >= 4 is 23.3 Å². The molecular formula is C23H20N2O7. The van der Waals surface area contributed by atoms with E-state index in [1.165, 1.54) is 38.3 Å². The third kappa shape index (κ3) is 5.60. The number of nitro groups is 1. The molecule has 0 fully saturated rings. The van der Waals surface area contributed by atoms with Gasteiger partial charge >= 0.3 is 5.97 Å². The van der Waals surface area contributed by atoms with Crippen LogP contribution < -0.4 is 14.8 Å². The Kier molecular flexibility index (Phi) is 7.02. The van der Waals surface area contributed by atoms with E-state index in [2.05, 4.69) is 5.32 Å². The minimum atomic E-state index is -1.14. The van der Waals surface area contributed by atoms with Crippen molar-refractivity contribution in [1.29, 1.82) is 0 Å². The number of carbonyl (C=O) groups excluding carboxylic acids is 2. The molecule has 0 spiro atoms. The van der Waals surface area contributed by atoms with E-state index in [-0.39, 0.29) is 22.7 Å². The maximum atomic E-state index is 12.5. The van der Waals surface area contributed by atoms with Gasteiger partial charge in [-0.1, -0.05) is 24.3 Å². The lowest BCUT2D eigenvalue weighted by molar-refractivity contribution is -0.384. The molecule has 3 rings (SSSR count). The van der Waals surface area contributed by atoms with Crippen LogP contribution in [0.25, 0.3) is 0 Å². The Balaban J connectivity index is 1.65. The number of esters is 1. The van der Waals surface area contributed by atoms with E-state index in [9.17, 15) is 19.7 Å². The van der Waals surface area contributed by atoms with Gasteiger partial charge in [0.1, 0.15) is 17.2 Å². The molecule has 0 heterocycles. The van der Waals surface area contributed by atoms with Crippen LogP contribution in [0.5, 0.6) is 17.2 Å². The summed E-state index contributed by atoms with van der Waals surface area (Å²) in [5, 5.41) is 13.4. The molecule has 9 nitrogen and oxygen atoms in total. The van der Waals surface area contributed by atoms with Crippen molar-refractivity contribution in [2.45, 2.75) is 13.0 Å². The summed E-state index contributed by atoms with van der Waals surface area (Å²) in [7, 11) is 1.32. The second kappa shape index (κ2) is 10.1. The Morgan fingerprint density at radius 3 is 2.38 bits per heavy atom. The highest BCUT2D eigenvalue weighted by molar-refractivity contribution is 5.98. The van der Waals surface area contributed by atoms with E-state index in [0.717, 1.165) is 0 Å². The van der Waals surface area contributed by atoms with Gasteiger partial charge in [0.15, 0.2) is 6.10 Å². The zero-order valence-electron chi connectivity index (χ0n) is 17.3. The zero-order chi connectivity index (χ0) is 23.1. The number of nitro benzene ring substituents is 1. The maximum absolute atomic E-state index is 12.5. The summed E-state index contributed by atoms with van der Waals surface area (Å²) in [4.78, 5) is 35.3. The summed E-state index contributed by atoms with van der Waals surface area (Å²) in [6.07, 6.45) is -1.14. The number of carbonyl (C=O) groups is 2. The summed E-state index contributed by atoms with van der Waals surface area (Å²) < 4.78 is 16.0. The first-order valence-electron chi connectivity index (χ1n) is 9.54. The van der Waals surface area contributed by atoms with Crippen molar-refractivity contribution in [3.63, 3.8) is 0 Å². The highest BCUT2D eigenvalue weighted by Gasteiger charge is 2.21. The highest BCUT2D eigenvalue weighted by Crippen LogP contribution is 2.29. The molecule has 0 bridgehead atoms. The van der Waals surface area contributed by atoms with Crippen molar-refractivity contribution in [3.8, 4) is 17.2 Å². The molecule has 1 amide bonds. The summed E-state index contributed by atoms with van der Waals surface area (Å²) in [6.45, 7) is 1.41. The molecule has 0 aliphatic heterocycles. The molecule has 0 aromatic heterocycles. The number of non-ortho nitro benzene ring substituents is 1. The molecule has 1 atom stereocenters. The SMILES string of the molecule is COc1cc([N+](=O)[O-])ccc1NC(=O)[C@@H](C)OC(=O)c1cccc(Oc2ccccc2)c1. The number of hydrogen-bond acceptors (Lipinski definition) is 7. The number of amides is 1. The predicted molar refractivity (Wildman–Crippen MR) is 116 cm³/mol. The van der Waals surface area contributed by atoms with Crippen LogP contribution in [0.1, 0.15) is 17.3 Å². The van der Waals surface area contributed by atoms with Gasteiger partial charge in [-0.3, -0.25) is 14.9 Å². The molecule has 0 aliphatic rings. The van der Waals surface area contributed by atoms with Crippen LogP contribution in [-0.2, 0) is 9.53 Å². The van der Waals surface area contributed by atoms with E-state index in [4.69, 9.17) is 14.2 Å². The lowest BCUT2D eigenvalue weighted by atomic mass is 10.2. The normalized spacial score (nSPS) is 11.2. The Hall–Kier alpha value is -4.40. The van der Waals surface area contributed by atoms with Crippen molar-refractivity contribution in [1.82, 2.24) is 0 Å². The average Bonchev–Trinajstić information content (AvgIpc) is 2.79. The molecule has 0 saturated carbocycles. The number of benzene rings is 3. The number of anilines is 1. The van der Waals surface area contributed by atoms with Crippen molar-refractivity contribution in [2.75, 3.05) is 12.4 Å². The summed E-state index contributed by atoms with van der Waals surface area (Å²) in [5.74, 6) is -0.165. The van der Waals surface area contributed by atoms with Gasteiger partial charge < -0.3 is 19.5 Å². The number of nitrogens with zero attached hydrogens (tertiary/aromatic N) is 1. The van der Waals surface area contributed by atoms with Crippen LogP contribution in [0.4, 0.5) is 11.4 Å². The number of nitrogens with one attached hydrogen (secondary N) is 1. The number of rotatable bonds is 8. The van der Waals surface area contributed by atoms with Crippen LogP contribution in [0.15, 0.2) is 72.8 Å². The molecule has 1 N–H and O–H groups in total. The highest BCUT2D eigenvalue weighted by atomic mass is 16.6. The number of ether oxygens (including phenoxy) is 3. The summed E-state index contributed by atoms with van der Waals surface area (Å²) in [6, 6.07) is 19.2. The molecule has 0 saturated heterocycles. The predicted octanol–water partition coefficient (Wildman–Crippen LogP) is 4.58. The maximum Gasteiger partial charge on any atom is 0.339 e. The van der Waals surface area contributed by atoms with E-state index in [0.29, 0.717) is 11.5 Å². The largest absolute Gasteiger partial charge is 0.494 e. The van der Waals surface area contributed by atoms with Crippen LogP contribution in [-0.4, -0.2) is 30.0 Å².